The van der Waals surface area contributed by atoms with E-state index < -0.39 is 0 Å². The largest absolute Gasteiger partial charge is 0.271 e. The Kier molecular flexibility index (Phi) is 3.57. The summed E-state index contributed by atoms with van der Waals surface area (Å²) >= 11 is 1.69. The van der Waals surface area contributed by atoms with E-state index in [4.69, 9.17) is 5.84 Å². The van der Waals surface area contributed by atoms with Crippen molar-refractivity contribution in [1.82, 2.24) is 5.43 Å². The summed E-state index contributed by atoms with van der Waals surface area (Å²) in [7, 11) is 0. The zero-order valence-electron chi connectivity index (χ0n) is 9.83. The maximum absolute atomic E-state index is 13.2. The zero-order chi connectivity index (χ0) is 12.4. The van der Waals surface area contributed by atoms with E-state index >= 15 is 0 Å². The van der Waals surface area contributed by atoms with Crippen LogP contribution in [0.1, 0.15) is 26.9 Å². The van der Waals surface area contributed by atoms with Gasteiger partial charge >= 0.3 is 0 Å². The minimum absolute atomic E-state index is 0.0759. The van der Waals surface area contributed by atoms with Gasteiger partial charge in [0.2, 0.25) is 0 Å². The van der Waals surface area contributed by atoms with Gasteiger partial charge in [0.25, 0.3) is 0 Å². The molecule has 2 aromatic rings. The quantitative estimate of drug-likeness (QED) is 0.649. The van der Waals surface area contributed by atoms with Crippen LogP contribution in [0.25, 0.3) is 0 Å². The van der Waals surface area contributed by atoms with Gasteiger partial charge < -0.3 is 0 Å². The molecule has 0 spiro atoms. The van der Waals surface area contributed by atoms with Gasteiger partial charge in [0.05, 0.1) is 6.04 Å². The standard InChI is InChI=1S/C13H15FN2S/c1-8-7-10(4-5-11(8)14)13(16-15)12-6-3-9(2)17-12/h3-7,13,16H,15H2,1-2H3. The number of benzene rings is 1. The van der Waals surface area contributed by atoms with Gasteiger partial charge in [-0.05, 0) is 43.2 Å². The van der Waals surface area contributed by atoms with Crippen molar-refractivity contribution in [2.75, 3.05) is 0 Å². The van der Waals surface area contributed by atoms with E-state index in [-0.39, 0.29) is 11.9 Å². The summed E-state index contributed by atoms with van der Waals surface area (Å²) in [5.41, 5.74) is 4.40. The predicted octanol–water partition coefficient (Wildman–Crippen LogP) is 3.06. The van der Waals surface area contributed by atoms with Gasteiger partial charge in [-0.3, -0.25) is 5.84 Å². The third-order valence-electron chi connectivity index (χ3n) is 2.73. The van der Waals surface area contributed by atoms with Crippen molar-refractivity contribution in [2.45, 2.75) is 19.9 Å². The first-order valence-corrected chi connectivity index (χ1v) is 6.22. The van der Waals surface area contributed by atoms with Gasteiger partial charge in [-0.25, -0.2) is 9.82 Å². The van der Waals surface area contributed by atoms with Crippen LogP contribution in [0.2, 0.25) is 0 Å². The van der Waals surface area contributed by atoms with Crippen molar-refractivity contribution in [3.05, 3.63) is 57.0 Å². The molecule has 0 amide bonds. The monoisotopic (exact) mass is 250 g/mol. The molecule has 1 unspecified atom stereocenters. The second-order valence-electron chi connectivity index (χ2n) is 4.06. The maximum atomic E-state index is 13.2. The molecule has 4 heteroatoms. The molecule has 3 N–H and O–H groups in total. The summed E-state index contributed by atoms with van der Waals surface area (Å²) in [6.45, 7) is 3.81. The summed E-state index contributed by atoms with van der Waals surface area (Å²) in [6.07, 6.45) is 0. The van der Waals surface area contributed by atoms with Crippen molar-refractivity contribution in [2.24, 2.45) is 5.84 Å². The molecule has 2 rings (SSSR count). The lowest BCUT2D eigenvalue weighted by molar-refractivity contribution is 0.610. The number of aryl methyl sites for hydroxylation is 2. The highest BCUT2D eigenvalue weighted by atomic mass is 32.1. The van der Waals surface area contributed by atoms with Crippen molar-refractivity contribution < 1.29 is 4.39 Å². The number of thiophene rings is 1. The topological polar surface area (TPSA) is 38.0 Å². The summed E-state index contributed by atoms with van der Waals surface area (Å²) < 4.78 is 13.2. The van der Waals surface area contributed by atoms with Gasteiger partial charge in [-0.15, -0.1) is 11.3 Å². The average molecular weight is 250 g/mol. The number of nitrogens with one attached hydrogen (secondary N) is 1. The Balaban J connectivity index is 2.38. The first kappa shape index (κ1) is 12.2. The minimum atomic E-state index is -0.188. The molecule has 1 atom stereocenters. The fourth-order valence-corrected chi connectivity index (χ4v) is 2.76. The predicted molar refractivity (Wildman–Crippen MR) is 69.4 cm³/mol. The third kappa shape index (κ3) is 2.54. The van der Waals surface area contributed by atoms with Crippen LogP contribution in [0.5, 0.6) is 0 Å². The van der Waals surface area contributed by atoms with Gasteiger partial charge in [0.15, 0.2) is 0 Å². The summed E-state index contributed by atoms with van der Waals surface area (Å²) in [5.74, 6) is 5.41. The Bertz CT molecular complexity index is 522. The van der Waals surface area contributed by atoms with Crippen molar-refractivity contribution in [1.29, 1.82) is 0 Å². The van der Waals surface area contributed by atoms with Crippen LogP contribution in [0.3, 0.4) is 0 Å². The van der Waals surface area contributed by atoms with Crippen LogP contribution in [-0.4, -0.2) is 0 Å². The molecule has 0 saturated carbocycles. The minimum Gasteiger partial charge on any atom is -0.271 e. The van der Waals surface area contributed by atoms with E-state index in [1.165, 1.54) is 10.9 Å². The lowest BCUT2D eigenvalue weighted by atomic mass is 10.0. The Labute approximate surface area is 104 Å². The molecule has 0 aliphatic rings. The van der Waals surface area contributed by atoms with E-state index in [1.54, 1.807) is 24.3 Å². The first-order chi connectivity index (χ1) is 8.11. The molecule has 90 valence electrons. The molecular weight excluding hydrogens is 235 g/mol. The summed E-state index contributed by atoms with van der Waals surface area (Å²) in [5, 5.41) is 0. The number of rotatable bonds is 3. The SMILES string of the molecule is Cc1ccc(C(NN)c2ccc(F)c(C)c2)s1. The van der Waals surface area contributed by atoms with Gasteiger partial charge in [-0.1, -0.05) is 12.1 Å². The average Bonchev–Trinajstić information content (AvgIpc) is 2.71. The van der Waals surface area contributed by atoms with Crippen LogP contribution in [0, 0.1) is 19.7 Å². The zero-order valence-corrected chi connectivity index (χ0v) is 10.6. The Morgan fingerprint density at radius 2 is 2.00 bits per heavy atom. The first-order valence-electron chi connectivity index (χ1n) is 5.40. The molecular formula is C13H15FN2S. The summed E-state index contributed by atoms with van der Waals surface area (Å²) in [4.78, 5) is 2.37. The molecule has 1 aromatic heterocycles. The highest BCUT2D eigenvalue weighted by Crippen LogP contribution is 2.28. The number of halogens is 1. The van der Waals surface area contributed by atoms with Crippen LogP contribution in [-0.2, 0) is 0 Å². The smallest absolute Gasteiger partial charge is 0.126 e. The fraction of sp³-hybridized carbons (Fsp3) is 0.231. The van der Waals surface area contributed by atoms with Crippen molar-refractivity contribution in [3.8, 4) is 0 Å². The maximum Gasteiger partial charge on any atom is 0.126 e. The number of hydrazine groups is 1. The highest BCUT2D eigenvalue weighted by molar-refractivity contribution is 7.12. The molecule has 0 bridgehead atoms. The molecule has 17 heavy (non-hydrogen) atoms. The Hall–Kier alpha value is -1.23. The second-order valence-corrected chi connectivity index (χ2v) is 5.38. The Morgan fingerprint density at radius 1 is 1.24 bits per heavy atom. The van der Waals surface area contributed by atoms with Gasteiger partial charge in [-0.2, -0.15) is 0 Å². The molecule has 0 fully saturated rings. The van der Waals surface area contributed by atoms with E-state index in [0.717, 1.165) is 10.4 Å². The molecule has 0 aliphatic carbocycles. The van der Waals surface area contributed by atoms with Gasteiger partial charge in [0.1, 0.15) is 5.82 Å². The molecule has 0 radical (unpaired) electrons. The Morgan fingerprint density at radius 3 is 2.53 bits per heavy atom. The number of nitrogens with two attached hydrogens (primary N) is 1. The third-order valence-corrected chi connectivity index (χ3v) is 3.79. The van der Waals surface area contributed by atoms with E-state index in [1.807, 2.05) is 12.1 Å². The van der Waals surface area contributed by atoms with Crippen LogP contribution in [0.4, 0.5) is 4.39 Å². The summed E-state index contributed by atoms with van der Waals surface area (Å²) in [6, 6.07) is 9.10. The molecule has 0 aliphatic heterocycles. The lowest BCUT2D eigenvalue weighted by Gasteiger charge is -2.15. The van der Waals surface area contributed by atoms with Crippen LogP contribution in [0.15, 0.2) is 30.3 Å². The van der Waals surface area contributed by atoms with Crippen LogP contribution >= 0.6 is 11.3 Å². The van der Waals surface area contributed by atoms with E-state index in [9.17, 15) is 4.39 Å². The van der Waals surface area contributed by atoms with Crippen molar-refractivity contribution >= 4 is 11.3 Å². The highest BCUT2D eigenvalue weighted by Gasteiger charge is 2.15. The number of hydrogen-bond acceptors (Lipinski definition) is 3. The fourth-order valence-electron chi connectivity index (χ4n) is 1.80. The second kappa shape index (κ2) is 4.96. The lowest BCUT2D eigenvalue weighted by Crippen LogP contribution is -2.28. The van der Waals surface area contributed by atoms with Crippen LogP contribution < -0.4 is 11.3 Å². The van der Waals surface area contributed by atoms with Gasteiger partial charge in [0, 0.05) is 9.75 Å². The molecule has 1 heterocycles. The van der Waals surface area contributed by atoms with E-state index in [2.05, 4.69) is 18.4 Å². The van der Waals surface area contributed by atoms with E-state index in [0.29, 0.717) is 5.56 Å². The normalized spacial score (nSPS) is 12.7. The molecule has 2 nitrogen and oxygen atoms in total. The van der Waals surface area contributed by atoms with Crippen molar-refractivity contribution in [3.63, 3.8) is 0 Å². The number of hydrogen-bond donors (Lipinski definition) is 2. The molecule has 0 saturated heterocycles. The molecule has 1 aromatic carbocycles.